The molecule has 1 aliphatic carbocycles. The van der Waals surface area contributed by atoms with E-state index in [-0.39, 0.29) is 17.7 Å². The summed E-state index contributed by atoms with van der Waals surface area (Å²) in [5, 5.41) is 0. The summed E-state index contributed by atoms with van der Waals surface area (Å²) >= 11 is 0. The molecule has 1 saturated heterocycles. The lowest BCUT2D eigenvalue weighted by Gasteiger charge is -2.37. The first kappa shape index (κ1) is 15.3. The number of benzene rings is 1. The van der Waals surface area contributed by atoms with Gasteiger partial charge in [-0.2, -0.15) is 0 Å². The number of rotatable bonds is 3. The molecule has 1 aromatic carbocycles. The van der Waals surface area contributed by atoms with Crippen molar-refractivity contribution in [2.24, 2.45) is 5.92 Å². The molecule has 2 aliphatic heterocycles. The summed E-state index contributed by atoms with van der Waals surface area (Å²) in [5.41, 5.74) is 0.986. The molecule has 0 atom stereocenters. The minimum absolute atomic E-state index is 0.130. The van der Waals surface area contributed by atoms with Crippen LogP contribution in [-0.2, 0) is 9.59 Å². The fourth-order valence-electron chi connectivity index (χ4n) is 3.42. The van der Waals surface area contributed by atoms with Gasteiger partial charge in [-0.15, -0.1) is 0 Å². The molecule has 0 radical (unpaired) electrons. The molecule has 0 aromatic heterocycles. The van der Waals surface area contributed by atoms with Crippen LogP contribution in [0.3, 0.4) is 0 Å². The zero-order valence-electron chi connectivity index (χ0n) is 13.8. The molecule has 3 aliphatic rings. The number of para-hydroxylation sites is 2. The number of hydrogen-bond donors (Lipinski definition) is 0. The molecule has 128 valence electrons. The first-order valence-electron chi connectivity index (χ1n) is 8.76. The summed E-state index contributed by atoms with van der Waals surface area (Å²) in [6.07, 6.45) is 2.07. The average molecular weight is 329 g/mol. The average Bonchev–Trinajstić information content (AvgIpc) is 3.47. The van der Waals surface area contributed by atoms with Crippen molar-refractivity contribution in [1.82, 2.24) is 9.80 Å². The van der Waals surface area contributed by atoms with E-state index in [0.717, 1.165) is 30.8 Å². The van der Waals surface area contributed by atoms with Crippen LogP contribution in [0.4, 0.5) is 5.69 Å². The first-order chi connectivity index (χ1) is 11.7. The highest BCUT2D eigenvalue weighted by Gasteiger charge is 2.35. The maximum Gasteiger partial charge on any atom is 0.242 e. The summed E-state index contributed by atoms with van der Waals surface area (Å²) in [6, 6.07) is 7.84. The van der Waals surface area contributed by atoms with E-state index < -0.39 is 0 Å². The van der Waals surface area contributed by atoms with Crippen LogP contribution in [0.25, 0.3) is 0 Å². The number of nitrogens with zero attached hydrogens (tertiary/aromatic N) is 3. The third-order valence-electron chi connectivity index (χ3n) is 5.02. The normalized spacial score (nSPS) is 20.4. The minimum Gasteiger partial charge on any atom is -0.490 e. The van der Waals surface area contributed by atoms with Gasteiger partial charge in [-0.3, -0.25) is 9.59 Å². The summed E-state index contributed by atoms with van der Waals surface area (Å²) in [7, 11) is 0. The standard InChI is InChI=1S/C18H23N3O3/c22-17(13-21-11-12-24-16-4-2-1-3-15(16)21)19-7-9-20(10-8-19)18(23)14-5-6-14/h1-4,14H,5-13H2. The first-order valence-corrected chi connectivity index (χ1v) is 8.76. The molecule has 0 unspecified atom stereocenters. The van der Waals surface area contributed by atoms with Crippen LogP contribution < -0.4 is 9.64 Å². The summed E-state index contributed by atoms with van der Waals surface area (Å²) in [5.74, 6) is 1.52. The van der Waals surface area contributed by atoms with E-state index >= 15 is 0 Å². The Labute approximate surface area is 142 Å². The molecule has 1 saturated carbocycles. The molecule has 0 spiro atoms. The van der Waals surface area contributed by atoms with Crippen molar-refractivity contribution in [3.63, 3.8) is 0 Å². The van der Waals surface area contributed by atoms with Crippen molar-refractivity contribution in [1.29, 1.82) is 0 Å². The highest BCUT2D eigenvalue weighted by Crippen LogP contribution is 2.32. The van der Waals surface area contributed by atoms with Gasteiger partial charge in [-0.05, 0) is 25.0 Å². The molecule has 2 fully saturated rings. The van der Waals surface area contributed by atoms with E-state index in [2.05, 4.69) is 4.90 Å². The summed E-state index contributed by atoms with van der Waals surface area (Å²) in [4.78, 5) is 30.6. The van der Waals surface area contributed by atoms with E-state index in [1.165, 1.54) is 0 Å². The monoisotopic (exact) mass is 329 g/mol. The lowest BCUT2D eigenvalue weighted by molar-refractivity contribution is -0.139. The molecule has 1 aromatic rings. The van der Waals surface area contributed by atoms with Gasteiger partial charge in [0, 0.05) is 32.1 Å². The third kappa shape index (κ3) is 3.05. The fourth-order valence-corrected chi connectivity index (χ4v) is 3.42. The van der Waals surface area contributed by atoms with Gasteiger partial charge in [0.2, 0.25) is 11.8 Å². The lowest BCUT2D eigenvalue weighted by Crippen LogP contribution is -2.53. The number of piperazine rings is 1. The zero-order valence-corrected chi connectivity index (χ0v) is 13.8. The zero-order chi connectivity index (χ0) is 16.5. The van der Waals surface area contributed by atoms with Crippen molar-refractivity contribution in [2.75, 3.05) is 50.8 Å². The molecule has 6 heteroatoms. The Bertz CT molecular complexity index is 636. The van der Waals surface area contributed by atoms with Crippen LogP contribution >= 0.6 is 0 Å². The maximum atomic E-state index is 12.6. The molecular weight excluding hydrogens is 306 g/mol. The van der Waals surface area contributed by atoms with Crippen LogP contribution in [0.15, 0.2) is 24.3 Å². The Hall–Kier alpha value is -2.24. The second kappa shape index (κ2) is 6.34. The second-order valence-corrected chi connectivity index (χ2v) is 6.72. The smallest absolute Gasteiger partial charge is 0.242 e. The number of carbonyl (C=O) groups excluding carboxylic acids is 2. The van der Waals surface area contributed by atoms with Crippen LogP contribution in [0, 0.1) is 5.92 Å². The van der Waals surface area contributed by atoms with Crippen molar-refractivity contribution in [2.45, 2.75) is 12.8 Å². The van der Waals surface area contributed by atoms with Gasteiger partial charge in [0.05, 0.1) is 18.8 Å². The Morgan fingerprint density at radius 2 is 1.71 bits per heavy atom. The van der Waals surface area contributed by atoms with Crippen LogP contribution in [0.2, 0.25) is 0 Å². The van der Waals surface area contributed by atoms with Gasteiger partial charge < -0.3 is 19.4 Å². The second-order valence-electron chi connectivity index (χ2n) is 6.72. The number of ether oxygens (including phenoxy) is 1. The SMILES string of the molecule is O=C(CN1CCOc2ccccc21)N1CCN(C(=O)C2CC2)CC1. The molecule has 2 heterocycles. The van der Waals surface area contributed by atoms with Crippen LogP contribution in [0.1, 0.15) is 12.8 Å². The quantitative estimate of drug-likeness (QED) is 0.829. The van der Waals surface area contributed by atoms with E-state index in [9.17, 15) is 9.59 Å². The minimum atomic E-state index is 0.130. The maximum absolute atomic E-state index is 12.6. The number of hydrogen-bond acceptors (Lipinski definition) is 4. The highest BCUT2D eigenvalue weighted by atomic mass is 16.5. The topological polar surface area (TPSA) is 53.1 Å². The molecule has 6 nitrogen and oxygen atoms in total. The van der Waals surface area contributed by atoms with Gasteiger partial charge in [0.25, 0.3) is 0 Å². The van der Waals surface area contributed by atoms with Gasteiger partial charge in [0.1, 0.15) is 12.4 Å². The molecular formula is C18H23N3O3. The number of anilines is 1. The molecule has 2 amide bonds. The van der Waals surface area contributed by atoms with Crippen LogP contribution in [-0.4, -0.2) is 67.5 Å². The number of amides is 2. The van der Waals surface area contributed by atoms with E-state index in [0.29, 0.717) is 39.3 Å². The number of carbonyl (C=O) groups is 2. The Morgan fingerprint density at radius 1 is 1.00 bits per heavy atom. The Morgan fingerprint density at radius 3 is 2.46 bits per heavy atom. The van der Waals surface area contributed by atoms with Gasteiger partial charge in [-0.1, -0.05) is 12.1 Å². The van der Waals surface area contributed by atoms with E-state index in [1.54, 1.807) is 0 Å². The molecule has 24 heavy (non-hydrogen) atoms. The van der Waals surface area contributed by atoms with E-state index in [1.807, 2.05) is 34.1 Å². The fraction of sp³-hybridized carbons (Fsp3) is 0.556. The van der Waals surface area contributed by atoms with Gasteiger partial charge in [0.15, 0.2) is 0 Å². The predicted octanol–water partition coefficient (Wildman–Crippen LogP) is 0.966. The molecule has 0 N–H and O–H groups in total. The highest BCUT2D eigenvalue weighted by molar-refractivity contribution is 5.84. The third-order valence-corrected chi connectivity index (χ3v) is 5.02. The molecule has 0 bridgehead atoms. The largest absolute Gasteiger partial charge is 0.490 e. The summed E-state index contributed by atoms with van der Waals surface area (Å²) < 4.78 is 5.64. The van der Waals surface area contributed by atoms with Crippen molar-refractivity contribution >= 4 is 17.5 Å². The Kier molecular flexibility index (Phi) is 4.04. The molecule has 4 rings (SSSR count). The Balaban J connectivity index is 1.33. The lowest BCUT2D eigenvalue weighted by atomic mass is 10.2. The van der Waals surface area contributed by atoms with Crippen LogP contribution in [0.5, 0.6) is 5.75 Å². The van der Waals surface area contributed by atoms with Crippen molar-refractivity contribution in [3.05, 3.63) is 24.3 Å². The predicted molar refractivity (Wildman–Crippen MR) is 90.0 cm³/mol. The number of fused-ring (bicyclic) bond motifs is 1. The van der Waals surface area contributed by atoms with Gasteiger partial charge in [-0.25, -0.2) is 0 Å². The van der Waals surface area contributed by atoms with Crippen molar-refractivity contribution < 1.29 is 14.3 Å². The summed E-state index contributed by atoms with van der Waals surface area (Å²) in [6.45, 7) is 4.32. The van der Waals surface area contributed by atoms with E-state index in [4.69, 9.17) is 4.74 Å². The van der Waals surface area contributed by atoms with Gasteiger partial charge >= 0.3 is 0 Å². The van der Waals surface area contributed by atoms with Crippen molar-refractivity contribution in [3.8, 4) is 5.75 Å².